The molecule has 1 fully saturated rings. The Morgan fingerprint density at radius 2 is 1.82 bits per heavy atom. The summed E-state index contributed by atoms with van der Waals surface area (Å²) in [5, 5.41) is 0. The molecule has 2 rings (SSSR count). The number of hydrogen-bond acceptors (Lipinski definition) is 5. The fourth-order valence-electron chi connectivity index (χ4n) is 2.55. The molecular formula is C15H23N5O2. The zero-order valence-corrected chi connectivity index (χ0v) is 13.2. The number of rotatable bonds is 5. The normalized spacial score (nSPS) is 15.6. The SMILES string of the molecule is CCN(CC)C(=O)CN1CCN(C(=O)c2cnccn2)CC1. The minimum Gasteiger partial charge on any atom is -0.342 e. The highest BCUT2D eigenvalue weighted by atomic mass is 16.2. The Morgan fingerprint density at radius 1 is 1.14 bits per heavy atom. The fraction of sp³-hybridized carbons (Fsp3) is 0.600. The van der Waals surface area contributed by atoms with E-state index in [2.05, 4.69) is 14.9 Å². The summed E-state index contributed by atoms with van der Waals surface area (Å²) in [5.41, 5.74) is 0.371. The monoisotopic (exact) mass is 305 g/mol. The van der Waals surface area contributed by atoms with Gasteiger partial charge in [0.2, 0.25) is 5.91 Å². The van der Waals surface area contributed by atoms with Crippen LogP contribution in [-0.4, -0.2) is 82.3 Å². The fourth-order valence-corrected chi connectivity index (χ4v) is 2.55. The topological polar surface area (TPSA) is 69.6 Å². The number of nitrogens with zero attached hydrogens (tertiary/aromatic N) is 5. The molecule has 0 aromatic carbocycles. The first-order chi connectivity index (χ1) is 10.7. The van der Waals surface area contributed by atoms with Crippen molar-refractivity contribution in [3.05, 3.63) is 24.3 Å². The van der Waals surface area contributed by atoms with E-state index in [1.54, 1.807) is 11.1 Å². The van der Waals surface area contributed by atoms with Crippen molar-refractivity contribution in [3.8, 4) is 0 Å². The molecule has 1 aliphatic rings. The number of aromatic nitrogens is 2. The molecular weight excluding hydrogens is 282 g/mol. The zero-order valence-electron chi connectivity index (χ0n) is 13.2. The summed E-state index contributed by atoms with van der Waals surface area (Å²) < 4.78 is 0. The number of carbonyl (C=O) groups is 2. The summed E-state index contributed by atoms with van der Waals surface area (Å²) in [6.07, 6.45) is 4.55. The van der Waals surface area contributed by atoms with Crippen molar-refractivity contribution < 1.29 is 9.59 Å². The summed E-state index contributed by atoms with van der Waals surface area (Å²) in [4.78, 5) is 38.0. The van der Waals surface area contributed by atoms with Gasteiger partial charge in [-0.1, -0.05) is 0 Å². The lowest BCUT2D eigenvalue weighted by Gasteiger charge is -2.35. The molecule has 0 bridgehead atoms. The molecule has 2 amide bonds. The third kappa shape index (κ3) is 4.00. The van der Waals surface area contributed by atoms with Crippen LogP contribution in [0.4, 0.5) is 0 Å². The van der Waals surface area contributed by atoms with Gasteiger partial charge < -0.3 is 9.80 Å². The highest BCUT2D eigenvalue weighted by Crippen LogP contribution is 2.06. The van der Waals surface area contributed by atoms with Gasteiger partial charge in [-0.05, 0) is 13.8 Å². The van der Waals surface area contributed by atoms with E-state index in [4.69, 9.17) is 0 Å². The molecule has 1 saturated heterocycles. The number of amides is 2. The average Bonchev–Trinajstić information content (AvgIpc) is 2.57. The minimum atomic E-state index is -0.0946. The Balaban J connectivity index is 1.83. The molecule has 0 unspecified atom stereocenters. The molecule has 0 N–H and O–H groups in total. The van der Waals surface area contributed by atoms with E-state index in [1.807, 2.05) is 18.7 Å². The molecule has 0 spiro atoms. The second-order valence-corrected chi connectivity index (χ2v) is 5.23. The maximum Gasteiger partial charge on any atom is 0.274 e. The standard InChI is InChI=1S/C15H23N5O2/c1-3-19(4-2)14(21)12-18-7-9-20(10-8-18)15(22)13-11-16-5-6-17-13/h5-6,11H,3-4,7-10,12H2,1-2H3. The van der Waals surface area contributed by atoms with Crippen molar-refractivity contribution in [1.29, 1.82) is 0 Å². The summed E-state index contributed by atoms with van der Waals surface area (Å²) >= 11 is 0. The van der Waals surface area contributed by atoms with Crippen LogP contribution >= 0.6 is 0 Å². The molecule has 22 heavy (non-hydrogen) atoms. The molecule has 1 aromatic rings. The lowest BCUT2D eigenvalue weighted by atomic mass is 10.2. The van der Waals surface area contributed by atoms with Crippen LogP contribution in [0.15, 0.2) is 18.6 Å². The van der Waals surface area contributed by atoms with Gasteiger partial charge in [0.15, 0.2) is 0 Å². The van der Waals surface area contributed by atoms with E-state index in [1.165, 1.54) is 12.4 Å². The van der Waals surface area contributed by atoms with Crippen LogP contribution in [0.1, 0.15) is 24.3 Å². The second-order valence-electron chi connectivity index (χ2n) is 5.23. The van der Waals surface area contributed by atoms with E-state index >= 15 is 0 Å². The van der Waals surface area contributed by atoms with Crippen molar-refractivity contribution in [3.63, 3.8) is 0 Å². The van der Waals surface area contributed by atoms with E-state index < -0.39 is 0 Å². The van der Waals surface area contributed by atoms with Crippen molar-refractivity contribution in [1.82, 2.24) is 24.7 Å². The summed E-state index contributed by atoms with van der Waals surface area (Å²) in [6.45, 7) is 8.51. The minimum absolute atomic E-state index is 0.0946. The van der Waals surface area contributed by atoms with Gasteiger partial charge in [-0.15, -0.1) is 0 Å². The average molecular weight is 305 g/mol. The van der Waals surface area contributed by atoms with Gasteiger partial charge >= 0.3 is 0 Å². The summed E-state index contributed by atoms with van der Waals surface area (Å²) in [7, 11) is 0. The van der Waals surface area contributed by atoms with Crippen LogP contribution in [-0.2, 0) is 4.79 Å². The van der Waals surface area contributed by atoms with Gasteiger partial charge in [0.25, 0.3) is 5.91 Å². The molecule has 0 radical (unpaired) electrons. The lowest BCUT2D eigenvalue weighted by Crippen LogP contribution is -2.51. The maximum atomic E-state index is 12.3. The van der Waals surface area contributed by atoms with Crippen molar-refractivity contribution in [2.24, 2.45) is 0 Å². The predicted molar refractivity (Wildman–Crippen MR) is 82.3 cm³/mol. The third-order valence-electron chi connectivity index (χ3n) is 3.92. The first kappa shape index (κ1) is 16.4. The van der Waals surface area contributed by atoms with Gasteiger partial charge in [-0.2, -0.15) is 0 Å². The molecule has 0 atom stereocenters. The Hall–Kier alpha value is -2.02. The Bertz CT molecular complexity index is 496. The summed E-state index contributed by atoms with van der Waals surface area (Å²) in [6, 6.07) is 0. The van der Waals surface area contributed by atoms with Crippen LogP contribution in [0.5, 0.6) is 0 Å². The predicted octanol–water partition coefficient (Wildman–Crippen LogP) is 0.103. The van der Waals surface area contributed by atoms with E-state index in [0.717, 1.165) is 13.1 Å². The maximum absolute atomic E-state index is 12.3. The quantitative estimate of drug-likeness (QED) is 0.772. The van der Waals surface area contributed by atoms with Gasteiger partial charge in [-0.3, -0.25) is 19.5 Å². The smallest absolute Gasteiger partial charge is 0.274 e. The van der Waals surface area contributed by atoms with E-state index in [-0.39, 0.29) is 11.8 Å². The second kappa shape index (κ2) is 7.84. The first-order valence-corrected chi connectivity index (χ1v) is 7.71. The third-order valence-corrected chi connectivity index (χ3v) is 3.92. The molecule has 1 aliphatic heterocycles. The molecule has 2 heterocycles. The van der Waals surface area contributed by atoms with Crippen LogP contribution in [0.3, 0.4) is 0 Å². The van der Waals surface area contributed by atoms with Crippen LogP contribution in [0.2, 0.25) is 0 Å². The van der Waals surface area contributed by atoms with Gasteiger partial charge in [-0.25, -0.2) is 4.98 Å². The Labute approximate surface area is 130 Å². The molecule has 7 nitrogen and oxygen atoms in total. The van der Waals surface area contributed by atoms with Crippen LogP contribution < -0.4 is 0 Å². The first-order valence-electron chi connectivity index (χ1n) is 7.71. The highest BCUT2D eigenvalue weighted by molar-refractivity contribution is 5.92. The van der Waals surface area contributed by atoms with Gasteiger partial charge in [0.1, 0.15) is 5.69 Å². The van der Waals surface area contributed by atoms with Crippen molar-refractivity contribution in [2.75, 3.05) is 45.8 Å². The molecule has 0 aliphatic carbocycles. The lowest BCUT2D eigenvalue weighted by molar-refractivity contribution is -0.132. The van der Waals surface area contributed by atoms with E-state index in [9.17, 15) is 9.59 Å². The highest BCUT2D eigenvalue weighted by Gasteiger charge is 2.24. The van der Waals surface area contributed by atoms with Gasteiger partial charge in [0.05, 0.1) is 12.7 Å². The number of piperazine rings is 1. The number of carbonyl (C=O) groups excluding carboxylic acids is 2. The largest absolute Gasteiger partial charge is 0.342 e. The molecule has 1 aromatic heterocycles. The van der Waals surface area contributed by atoms with Gasteiger partial charge in [0, 0.05) is 51.7 Å². The van der Waals surface area contributed by atoms with E-state index in [0.29, 0.717) is 38.4 Å². The summed E-state index contributed by atoms with van der Waals surface area (Å²) in [5.74, 6) is 0.0570. The Kier molecular flexibility index (Phi) is 5.83. The molecule has 120 valence electrons. The molecule has 0 saturated carbocycles. The zero-order chi connectivity index (χ0) is 15.9. The van der Waals surface area contributed by atoms with Crippen LogP contribution in [0, 0.1) is 0 Å². The number of likely N-dealkylation sites (N-methyl/N-ethyl adjacent to an activating group) is 1. The van der Waals surface area contributed by atoms with Crippen molar-refractivity contribution >= 4 is 11.8 Å². The van der Waals surface area contributed by atoms with Crippen LogP contribution in [0.25, 0.3) is 0 Å². The van der Waals surface area contributed by atoms with Crippen molar-refractivity contribution in [2.45, 2.75) is 13.8 Å². The molecule has 7 heteroatoms. The number of hydrogen-bond donors (Lipinski definition) is 0. The Morgan fingerprint density at radius 3 is 2.36 bits per heavy atom.